The third kappa shape index (κ3) is 5.43. The van der Waals surface area contributed by atoms with Crippen molar-refractivity contribution in [2.45, 2.75) is 31.3 Å². The fourth-order valence-corrected chi connectivity index (χ4v) is 3.60. The van der Waals surface area contributed by atoms with Crippen molar-refractivity contribution in [1.82, 2.24) is 4.72 Å². The van der Waals surface area contributed by atoms with Crippen molar-refractivity contribution >= 4 is 16.0 Å². The molecule has 9 heteroatoms. The van der Waals surface area contributed by atoms with Crippen LogP contribution < -0.4 is 19.3 Å². The van der Waals surface area contributed by atoms with Crippen LogP contribution in [-0.4, -0.2) is 34.1 Å². The Balaban J connectivity index is 2.10. The lowest BCUT2D eigenvalue weighted by Crippen LogP contribution is -2.28. The Kier molecular flexibility index (Phi) is 6.98. The topological polar surface area (TPSA) is 105 Å². The highest BCUT2D eigenvalue weighted by atomic mass is 32.2. The van der Waals surface area contributed by atoms with Gasteiger partial charge in [-0.05, 0) is 55.7 Å². The fourth-order valence-electron chi connectivity index (χ4n) is 2.46. The number of rotatable bonds is 9. The molecule has 0 bridgehead atoms. The lowest BCUT2D eigenvalue weighted by atomic mass is 10.1. The molecule has 0 aliphatic carbocycles. The number of hydrogen-bond acceptors (Lipinski definition) is 6. The van der Waals surface area contributed by atoms with E-state index in [1.54, 1.807) is 18.2 Å². The van der Waals surface area contributed by atoms with Crippen LogP contribution in [-0.2, 0) is 16.4 Å². The van der Waals surface area contributed by atoms with Crippen molar-refractivity contribution in [2.75, 3.05) is 13.7 Å². The summed E-state index contributed by atoms with van der Waals surface area (Å²) in [5.74, 6) is -1.55. The Labute approximate surface area is 163 Å². The van der Waals surface area contributed by atoms with Crippen LogP contribution in [0.1, 0.15) is 29.8 Å². The van der Waals surface area contributed by atoms with Gasteiger partial charge < -0.3 is 19.4 Å². The van der Waals surface area contributed by atoms with Gasteiger partial charge in [-0.15, -0.1) is 0 Å². The van der Waals surface area contributed by atoms with Crippen LogP contribution in [0.3, 0.4) is 0 Å². The number of carbonyl (C=O) groups excluding carboxylic acids is 1. The highest BCUT2D eigenvalue weighted by Gasteiger charge is 2.19. The molecule has 0 aromatic heterocycles. The number of carbonyl (C=O) groups is 1. The summed E-state index contributed by atoms with van der Waals surface area (Å²) < 4.78 is 51.6. The monoisotopic (exact) mass is 410 g/mol. The number of ether oxygens (including phenoxy) is 2. The molecule has 0 heterocycles. The predicted octanol–water partition coefficient (Wildman–Crippen LogP) is 1.51. The zero-order chi connectivity index (χ0) is 20.9. The van der Waals surface area contributed by atoms with E-state index in [9.17, 15) is 22.7 Å². The molecule has 0 saturated carbocycles. The molecule has 1 N–H and O–H groups in total. The van der Waals surface area contributed by atoms with Crippen molar-refractivity contribution in [3.05, 3.63) is 53.3 Å². The molecule has 0 unspecified atom stereocenters. The van der Waals surface area contributed by atoms with Crippen molar-refractivity contribution in [1.29, 1.82) is 0 Å². The number of aromatic carboxylic acids is 1. The minimum atomic E-state index is -4.23. The Morgan fingerprint density at radius 3 is 2.50 bits per heavy atom. The van der Waals surface area contributed by atoms with Gasteiger partial charge in [-0.1, -0.05) is 12.1 Å². The average molecular weight is 410 g/mol. The first-order valence-electron chi connectivity index (χ1n) is 8.48. The maximum absolute atomic E-state index is 13.9. The standard InChI is InChI=1S/C19H22FNO6S/c1-12(2)27-16-7-4-13(10-17(16)26-3)8-9-21-28(24,25)18-11-14(19(22)23)5-6-15(18)20/h4-7,10-12,21H,8-9H2,1-3H3,(H,22,23)/p-1. The van der Waals surface area contributed by atoms with Gasteiger partial charge in [-0.2, -0.15) is 0 Å². The molecule has 0 aliphatic rings. The normalized spacial score (nSPS) is 11.5. The lowest BCUT2D eigenvalue weighted by Gasteiger charge is -2.15. The molecule has 0 amide bonds. The predicted molar refractivity (Wildman–Crippen MR) is 98.4 cm³/mol. The summed E-state index contributed by atoms with van der Waals surface area (Å²) in [5, 5.41) is 10.9. The van der Waals surface area contributed by atoms with Gasteiger partial charge in [-0.25, -0.2) is 17.5 Å². The second-order valence-corrected chi connectivity index (χ2v) is 7.97. The summed E-state index contributed by atoms with van der Waals surface area (Å²) in [6, 6.07) is 7.67. The Hall–Kier alpha value is -2.65. The van der Waals surface area contributed by atoms with E-state index in [0.717, 1.165) is 23.8 Å². The second kappa shape index (κ2) is 9.03. The van der Waals surface area contributed by atoms with Crippen LogP contribution in [0.25, 0.3) is 0 Å². The van der Waals surface area contributed by atoms with E-state index in [1.807, 2.05) is 13.8 Å². The van der Waals surface area contributed by atoms with Crippen LogP contribution in [0, 0.1) is 5.82 Å². The number of carboxylic acid groups (broad SMARTS) is 1. The van der Waals surface area contributed by atoms with Gasteiger partial charge in [0.1, 0.15) is 10.7 Å². The van der Waals surface area contributed by atoms with Gasteiger partial charge in [0.25, 0.3) is 0 Å². The molecular weight excluding hydrogens is 389 g/mol. The first-order chi connectivity index (χ1) is 13.1. The number of hydrogen-bond donors (Lipinski definition) is 1. The largest absolute Gasteiger partial charge is 0.545 e. The molecule has 152 valence electrons. The third-order valence-electron chi connectivity index (χ3n) is 3.75. The lowest BCUT2D eigenvalue weighted by molar-refractivity contribution is -0.255. The Bertz CT molecular complexity index is 959. The van der Waals surface area contributed by atoms with E-state index in [1.165, 1.54) is 7.11 Å². The summed E-state index contributed by atoms with van der Waals surface area (Å²) in [4.78, 5) is 10.1. The van der Waals surface area contributed by atoms with Crippen molar-refractivity contribution < 1.29 is 32.2 Å². The summed E-state index contributed by atoms with van der Waals surface area (Å²) in [5.41, 5.74) is 0.354. The molecule has 0 aliphatic heterocycles. The minimum absolute atomic E-state index is 0.0230. The van der Waals surface area contributed by atoms with E-state index in [-0.39, 0.29) is 12.6 Å². The number of nitrogens with one attached hydrogen (secondary N) is 1. The maximum atomic E-state index is 13.9. The Morgan fingerprint density at radius 2 is 1.89 bits per heavy atom. The smallest absolute Gasteiger partial charge is 0.243 e. The first-order valence-corrected chi connectivity index (χ1v) is 9.96. The van der Waals surface area contributed by atoms with Gasteiger partial charge in [0.2, 0.25) is 10.0 Å². The summed E-state index contributed by atoms with van der Waals surface area (Å²) in [6.45, 7) is 3.75. The number of methoxy groups -OCH3 is 1. The van der Waals surface area contributed by atoms with Crippen LogP contribution in [0.4, 0.5) is 4.39 Å². The summed E-state index contributed by atoms with van der Waals surface area (Å²) >= 11 is 0. The van der Waals surface area contributed by atoms with E-state index in [4.69, 9.17) is 9.47 Å². The number of benzene rings is 2. The van der Waals surface area contributed by atoms with Gasteiger partial charge in [0, 0.05) is 6.54 Å². The SMILES string of the molecule is COc1cc(CCNS(=O)(=O)c2cc(C(=O)[O-])ccc2F)ccc1OC(C)C. The van der Waals surface area contributed by atoms with E-state index < -0.39 is 32.3 Å². The Morgan fingerprint density at radius 1 is 1.18 bits per heavy atom. The van der Waals surface area contributed by atoms with Gasteiger partial charge in [0.05, 0.1) is 19.2 Å². The average Bonchev–Trinajstić information content (AvgIpc) is 2.62. The molecule has 2 aromatic carbocycles. The van der Waals surface area contributed by atoms with Crippen LogP contribution in [0.2, 0.25) is 0 Å². The van der Waals surface area contributed by atoms with Gasteiger partial charge >= 0.3 is 0 Å². The highest BCUT2D eigenvalue weighted by molar-refractivity contribution is 7.89. The van der Waals surface area contributed by atoms with Gasteiger partial charge in [-0.3, -0.25) is 0 Å². The van der Waals surface area contributed by atoms with E-state index in [0.29, 0.717) is 17.9 Å². The summed E-state index contributed by atoms with van der Waals surface area (Å²) in [6.07, 6.45) is 0.275. The molecule has 0 fully saturated rings. The van der Waals surface area contributed by atoms with Gasteiger partial charge in [0.15, 0.2) is 11.5 Å². The number of carboxylic acids is 1. The zero-order valence-corrected chi connectivity index (χ0v) is 16.5. The molecular formula is C19H21FNO6S-. The molecule has 0 radical (unpaired) electrons. The minimum Gasteiger partial charge on any atom is -0.545 e. The maximum Gasteiger partial charge on any atom is 0.243 e. The first kappa shape index (κ1) is 21.6. The summed E-state index contributed by atoms with van der Waals surface area (Å²) in [7, 11) is -2.73. The van der Waals surface area contributed by atoms with E-state index in [2.05, 4.69) is 4.72 Å². The highest BCUT2D eigenvalue weighted by Crippen LogP contribution is 2.29. The van der Waals surface area contributed by atoms with Crippen LogP contribution in [0.15, 0.2) is 41.3 Å². The molecule has 28 heavy (non-hydrogen) atoms. The second-order valence-electron chi connectivity index (χ2n) is 6.23. The molecule has 7 nitrogen and oxygen atoms in total. The van der Waals surface area contributed by atoms with Crippen molar-refractivity contribution in [2.24, 2.45) is 0 Å². The van der Waals surface area contributed by atoms with Crippen molar-refractivity contribution in [3.63, 3.8) is 0 Å². The molecule has 2 rings (SSSR count). The van der Waals surface area contributed by atoms with E-state index >= 15 is 0 Å². The number of halogens is 1. The number of sulfonamides is 1. The zero-order valence-electron chi connectivity index (χ0n) is 15.7. The van der Waals surface area contributed by atoms with Crippen molar-refractivity contribution in [3.8, 4) is 11.5 Å². The third-order valence-corrected chi connectivity index (χ3v) is 5.23. The fraction of sp³-hybridized carbons (Fsp3) is 0.316. The quantitative estimate of drug-likeness (QED) is 0.672. The molecule has 2 aromatic rings. The van der Waals surface area contributed by atoms with Crippen LogP contribution in [0.5, 0.6) is 11.5 Å². The molecule has 0 spiro atoms. The molecule has 0 atom stereocenters. The molecule has 0 saturated heterocycles. The van der Waals surface area contributed by atoms with Crippen LogP contribution >= 0.6 is 0 Å².